The molecule has 0 aliphatic rings. The van der Waals surface area contributed by atoms with E-state index in [9.17, 15) is 15.3 Å². The SMILES string of the molecule is CC(C)(C)[CH]=[W]=[N]c1c(Cl)cccc1Cl.CC(C)(C)[CH]=[W]=[N]c1c(Cl)cccc1Cl.CC(C)(C)[Si](C)(C)Oc1cccc2cccc(-c3cccc4cccc(O)c34)c12.CC(C)(C)[Si](C)(C)Oc1cccc2cccc(-c3cccc4cccc(O)c34)c12.CC(C)c1cccc(C(C)C)c1[N]=[Mo]=[CH]C(C)(C)c1ccccc1.Cc1ccc(C)[n-]1.Cc1ccc(C)[n-]1.Cc1ccc(C)[n-]1.Oc1cccc2cccc(-c3ccccc3)c12. The number of hydrogen-bond acceptors (Lipinski definition) is 8. The number of aromatic hydroxyl groups is 3. The Hall–Kier alpha value is -10.9. The smallest absolute Gasteiger partial charge is 0.124 e. The average molecular weight is 2540 g/mol. The third-order valence-corrected chi connectivity index (χ3v) is 45.7. The number of nitrogens with zero attached hydrogens (tertiary/aromatic N) is 6. The summed E-state index contributed by atoms with van der Waals surface area (Å²) in [4.78, 5) is 12.3. The van der Waals surface area contributed by atoms with Crippen LogP contribution in [-0.2, 0) is 59.2 Å². The zero-order valence-corrected chi connectivity index (χ0v) is 105. The fourth-order valence-corrected chi connectivity index (χ4v) is 26.1. The molecule has 0 fully saturated rings. The Balaban J connectivity index is 0.000000179. The van der Waals surface area contributed by atoms with Crippen molar-refractivity contribution in [3.63, 3.8) is 0 Å². The van der Waals surface area contributed by atoms with Crippen molar-refractivity contribution in [2.45, 2.75) is 220 Å². The molecule has 0 saturated heterocycles. The number of halogens is 4. The first-order valence-electron chi connectivity index (χ1n) is 50.7. The number of phenols is 3. The van der Waals surface area contributed by atoms with Crippen LogP contribution in [0.1, 0.15) is 187 Å². The van der Waals surface area contributed by atoms with E-state index in [0.29, 0.717) is 49.2 Å². The molecule has 18 rings (SSSR count). The van der Waals surface area contributed by atoms with E-state index in [-0.39, 0.29) is 26.3 Å². The van der Waals surface area contributed by atoms with Gasteiger partial charge in [-0.2, -0.15) is 34.2 Å². The molecular weight excluding hydrogens is 2390 g/mol. The van der Waals surface area contributed by atoms with Gasteiger partial charge in [-0.1, -0.05) is 301 Å². The number of rotatable bonds is 14. The summed E-state index contributed by atoms with van der Waals surface area (Å²) in [5.74, 6) is 3.82. The second kappa shape index (κ2) is 55.1. The van der Waals surface area contributed by atoms with Crippen LogP contribution in [0.3, 0.4) is 0 Å². The second-order valence-corrected chi connectivity index (χ2v) is 60.8. The molecule has 3 N–H and O–H groups in total. The first-order chi connectivity index (χ1) is 70.7. The molecule has 15 aromatic carbocycles. The predicted octanol–water partition coefficient (Wildman–Crippen LogP) is 39.6. The first kappa shape index (κ1) is 121. The molecule has 0 amide bonds. The van der Waals surface area contributed by atoms with Crippen molar-refractivity contribution < 1.29 is 77.9 Å². The van der Waals surface area contributed by atoms with E-state index in [1.807, 2.05) is 211 Å². The van der Waals surface area contributed by atoms with Gasteiger partial charge in [0.05, 0.1) is 0 Å². The quantitative estimate of drug-likeness (QED) is 0.0908. The molecule has 0 unspecified atom stereocenters. The third kappa shape index (κ3) is 35.1. The van der Waals surface area contributed by atoms with Gasteiger partial charge in [0.15, 0.2) is 0 Å². The molecule has 784 valence electrons. The first-order valence-corrected chi connectivity index (χ1v) is 66.1. The molecule has 0 spiro atoms. The van der Waals surface area contributed by atoms with Gasteiger partial charge in [0.1, 0.15) is 28.7 Å². The Morgan fingerprint density at radius 1 is 0.307 bits per heavy atom. The standard InChI is InChI=1S/2C26H28O2Si.C16H12O.C12H17N.C10H12.2C6H3Cl2N.3C6H8N.2C5H10.Mo.2W/c2*1-26(2,3)29(4,5)28-23-17-9-13-19-11-7-15-21(25(19)23)20-14-6-10-18-12-8-16-22(27)24(18)20;17-15-11-5-9-13-8-4-10-14(16(13)15)12-6-2-1-3-7-12;1-8(2)10-6-5-7-11(9(3)4)12(10)13;1-10(2,3)9-7-5-4-6-8-9;2*7-4-2-1-3-5(8)6(4)9;3*1-5-3-4-6(2)7-5;2*1-5(2,3)4;;;/h2*6-17,27H,1-5H3;1-11,17H;5-9H,1-4H3;1,4-8H,2-3H3;2*1-3H;3*3-4H,1-2H3;2*1H,2-4H3;;;/q;;;;;;;3*-1;;;;;. The van der Waals surface area contributed by atoms with E-state index < -0.39 is 70.4 Å². The van der Waals surface area contributed by atoms with Crippen molar-refractivity contribution in [2.24, 2.45) is 21.3 Å². The van der Waals surface area contributed by atoms with Crippen LogP contribution in [0.4, 0.5) is 17.1 Å². The van der Waals surface area contributed by atoms with Crippen LogP contribution in [0.25, 0.3) is 87.2 Å². The topological polar surface area (TPSA) is 159 Å². The summed E-state index contributed by atoms with van der Waals surface area (Å²) in [5, 5.41) is 44.4. The Bertz CT molecular complexity index is 7290. The van der Waals surface area contributed by atoms with Crippen LogP contribution in [0.2, 0.25) is 56.4 Å². The molecule has 150 heavy (non-hydrogen) atoms. The van der Waals surface area contributed by atoms with E-state index in [4.69, 9.17) is 58.8 Å². The van der Waals surface area contributed by atoms with Crippen LogP contribution in [0.5, 0.6) is 28.7 Å². The fraction of sp³-hybridized carbons (Fsp3) is 0.269. The molecule has 18 aromatic rings. The summed E-state index contributed by atoms with van der Waals surface area (Å²) in [6.45, 7) is 61.3. The summed E-state index contributed by atoms with van der Waals surface area (Å²) in [6.07, 6.45) is 0. The van der Waals surface area contributed by atoms with Crippen molar-refractivity contribution >= 4 is 147 Å². The zero-order valence-electron chi connectivity index (χ0n) is 92.2. The number of phenolic OH excluding ortho intramolecular Hbond substituents is 3. The predicted molar refractivity (Wildman–Crippen MR) is 642 cm³/mol. The maximum Gasteiger partial charge on any atom is 0.124 e. The number of benzene rings is 15. The monoisotopic (exact) mass is 2530 g/mol. The molecule has 0 bridgehead atoms. The fourth-order valence-electron chi connectivity index (χ4n) is 15.5. The molecular formula is C130H147Cl4MoN6O5Si2W2-3. The Morgan fingerprint density at radius 2 is 0.567 bits per heavy atom. The molecule has 0 radical (unpaired) electrons. The largest absolute Gasteiger partial charge is 0.665 e. The molecule has 11 nitrogen and oxygen atoms in total. The summed E-state index contributed by atoms with van der Waals surface area (Å²) in [7, 11) is -4.00. The summed E-state index contributed by atoms with van der Waals surface area (Å²) < 4.78 is 34.8. The second-order valence-electron chi connectivity index (χ2n) is 43.6. The summed E-state index contributed by atoms with van der Waals surface area (Å²) in [6, 6.07) is 111. The van der Waals surface area contributed by atoms with Gasteiger partial charge in [0.2, 0.25) is 0 Å². The minimum Gasteiger partial charge on any atom is -0.665 e. The maximum atomic E-state index is 10.6. The molecule has 3 heterocycles. The minimum atomic E-state index is -2.00. The van der Waals surface area contributed by atoms with Gasteiger partial charge in [-0.15, -0.1) is 0 Å². The average Bonchev–Trinajstić information content (AvgIpc) is 0.812. The summed E-state index contributed by atoms with van der Waals surface area (Å²) in [5.41, 5.74) is 20.5. The number of hydrogen-bond donors (Lipinski definition) is 3. The van der Waals surface area contributed by atoms with E-state index in [1.54, 1.807) is 18.2 Å². The number of fused-ring (bicyclic) bond motifs is 5. The van der Waals surface area contributed by atoms with Gasteiger partial charge < -0.3 is 39.1 Å². The Labute approximate surface area is 938 Å². The van der Waals surface area contributed by atoms with Crippen molar-refractivity contribution in [1.82, 2.24) is 15.0 Å². The molecule has 0 aliphatic heterocycles. The zero-order chi connectivity index (χ0) is 110. The molecule has 0 saturated carbocycles. The van der Waals surface area contributed by atoms with Gasteiger partial charge in [-0.25, -0.2) is 0 Å². The molecule has 0 aliphatic carbocycles. The van der Waals surface area contributed by atoms with Crippen molar-refractivity contribution in [3.8, 4) is 62.1 Å². The van der Waals surface area contributed by atoms with Crippen molar-refractivity contribution in [2.75, 3.05) is 0 Å². The molecule has 0 atom stereocenters. The minimum absolute atomic E-state index is 0.0811. The maximum absolute atomic E-state index is 10.6. The van der Waals surface area contributed by atoms with Crippen LogP contribution in [0, 0.1) is 52.4 Å². The van der Waals surface area contributed by atoms with Gasteiger partial charge >= 0.3 is 374 Å². The van der Waals surface area contributed by atoms with Gasteiger partial charge in [-0.05, 0) is 127 Å². The number of aromatic nitrogens is 3. The Kier molecular flexibility index (Phi) is 44.4. The van der Waals surface area contributed by atoms with Gasteiger partial charge in [0.25, 0.3) is 16.6 Å². The van der Waals surface area contributed by atoms with Crippen LogP contribution in [0.15, 0.2) is 344 Å². The van der Waals surface area contributed by atoms with E-state index >= 15 is 0 Å². The van der Waals surface area contributed by atoms with Crippen LogP contribution < -0.4 is 23.8 Å². The molecule has 20 heteroatoms. The molecule has 3 aromatic heterocycles. The third-order valence-electron chi connectivity index (χ3n) is 25.5. The van der Waals surface area contributed by atoms with Crippen LogP contribution in [-0.4, -0.2) is 45.2 Å². The number of aryl methyl sites for hydroxylation is 6. The normalized spacial score (nSPS) is 11.4. The van der Waals surface area contributed by atoms with E-state index in [2.05, 4.69) is 332 Å². The van der Waals surface area contributed by atoms with Gasteiger partial charge in [-0.3, -0.25) is 0 Å². The van der Waals surface area contributed by atoms with Crippen molar-refractivity contribution in [3.05, 3.63) is 405 Å². The van der Waals surface area contributed by atoms with Crippen LogP contribution >= 0.6 is 46.4 Å². The van der Waals surface area contributed by atoms with E-state index in [0.717, 1.165) is 144 Å². The van der Waals surface area contributed by atoms with Gasteiger partial charge in [0, 0.05) is 26.9 Å². The van der Waals surface area contributed by atoms with Crippen molar-refractivity contribution in [1.29, 1.82) is 0 Å². The Morgan fingerprint density at radius 3 is 0.853 bits per heavy atom. The summed E-state index contributed by atoms with van der Waals surface area (Å²) >= 11 is 21.8. The van der Waals surface area contributed by atoms with E-state index in [1.165, 1.54) is 22.4 Å².